The Morgan fingerprint density at radius 1 is 1.00 bits per heavy atom. The fourth-order valence-corrected chi connectivity index (χ4v) is 3.49. The zero-order chi connectivity index (χ0) is 14.0. The molecule has 0 spiro atoms. The summed E-state index contributed by atoms with van der Waals surface area (Å²) in [5.41, 5.74) is 11.1. The lowest BCUT2D eigenvalue weighted by molar-refractivity contribution is 0.682. The second-order valence-electron chi connectivity index (χ2n) is 4.88. The van der Waals surface area contributed by atoms with Gasteiger partial charge in [-0.05, 0) is 61.2 Å². The Hall–Kier alpha value is -1.61. The molecule has 0 aromatic heterocycles. The smallest absolute Gasteiger partial charge is 0.0574 e. The van der Waals surface area contributed by atoms with E-state index in [0.29, 0.717) is 5.75 Å². The largest absolute Gasteiger partial charge is 0.399 e. The van der Waals surface area contributed by atoms with Gasteiger partial charge >= 0.3 is 0 Å². The lowest BCUT2D eigenvalue weighted by atomic mass is 10.1. The van der Waals surface area contributed by atoms with E-state index in [1.165, 1.54) is 16.7 Å². The van der Waals surface area contributed by atoms with Crippen LogP contribution in [0, 0.1) is 20.8 Å². The zero-order valence-electron chi connectivity index (χ0n) is 11.6. The Kier molecular flexibility index (Phi) is 4.05. The molecule has 0 amide bonds. The highest BCUT2D eigenvalue weighted by Crippen LogP contribution is 2.21. The third-order valence-corrected chi connectivity index (χ3v) is 4.75. The molecule has 2 N–H and O–H groups in total. The van der Waals surface area contributed by atoms with Crippen molar-refractivity contribution in [1.29, 1.82) is 0 Å². The number of hydrogen-bond donors (Lipinski definition) is 1. The second kappa shape index (κ2) is 5.57. The average Bonchev–Trinajstić information content (AvgIpc) is 2.37. The maximum Gasteiger partial charge on any atom is 0.0574 e. The van der Waals surface area contributed by atoms with E-state index in [4.69, 9.17) is 5.73 Å². The van der Waals surface area contributed by atoms with Gasteiger partial charge in [-0.3, -0.25) is 4.21 Å². The topological polar surface area (TPSA) is 43.1 Å². The Labute approximate surface area is 117 Å². The summed E-state index contributed by atoms with van der Waals surface area (Å²) < 4.78 is 12.5. The maximum atomic E-state index is 12.5. The molecule has 100 valence electrons. The van der Waals surface area contributed by atoms with Gasteiger partial charge in [0.05, 0.1) is 16.6 Å². The van der Waals surface area contributed by atoms with Gasteiger partial charge in [0.25, 0.3) is 0 Å². The normalized spacial score (nSPS) is 12.4. The minimum absolute atomic E-state index is 0.557. The highest BCUT2D eigenvalue weighted by Gasteiger charge is 2.10. The van der Waals surface area contributed by atoms with E-state index in [0.717, 1.165) is 16.1 Å². The predicted octanol–water partition coefficient (Wildman–Crippen LogP) is 3.50. The Morgan fingerprint density at radius 3 is 2.21 bits per heavy atom. The SMILES string of the molecule is Cc1cc(S(=O)Cc2c(C)cccc2C)ccc1N. The highest BCUT2D eigenvalue weighted by molar-refractivity contribution is 7.84. The third-order valence-electron chi connectivity index (χ3n) is 3.42. The van der Waals surface area contributed by atoms with Gasteiger partial charge < -0.3 is 5.73 Å². The van der Waals surface area contributed by atoms with E-state index in [9.17, 15) is 4.21 Å². The van der Waals surface area contributed by atoms with Crippen LogP contribution in [0.15, 0.2) is 41.3 Å². The molecular weight excluding hydrogens is 254 g/mol. The van der Waals surface area contributed by atoms with Crippen LogP contribution in [0.5, 0.6) is 0 Å². The summed E-state index contributed by atoms with van der Waals surface area (Å²) in [7, 11) is -1.03. The maximum absolute atomic E-state index is 12.5. The number of aryl methyl sites for hydroxylation is 3. The second-order valence-corrected chi connectivity index (χ2v) is 6.33. The fourth-order valence-electron chi connectivity index (χ4n) is 2.08. The molecule has 0 saturated heterocycles. The monoisotopic (exact) mass is 273 g/mol. The summed E-state index contributed by atoms with van der Waals surface area (Å²) in [4.78, 5) is 0.842. The van der Waals surface area contributed by atoms with Crippen molar-refractivity contribution in [1.82, 2.24) is 0 Å². The number of anilines is 1. The molecule has 19 heavy (non-hydrogen) atoms. The molecule has 0 heterocycles. The van der Waals surface area contributed by atoms with E-state index >= 15 is 0 Å². The highest BCUT2D eigenvalue weighted by atomic mass is 32.2. The quantitative estimate of drug-likeness (QED) is 0.870. The lowest BCUT2D eigenvalue weighted by Gasteiger charge is -2.10. The van der Waals surface area contributed by atoms with Crippen molar-refractivity contribution >= 4 is 16.5 Å². The first-order chi connectivity index (χ1) is 8.99. The van der Waals surface area contributed by atoms with Crippen LogP contribution in [-0.4, -0.2) is 4.21 Å². The van der Waals surface area contributed by atoms with E-state index in [1.807, 2.05) is 31.2 Å². The van der Waals surface area contributed by atoms with Gasteiger partial charge in [0.15, 0.2) is 0 Å². The molecule has 1 atom stereocenters. The van der Waals surface area contributed by atoms with E-state index in [-0.39, 0.29) is 0 Å². The number of nitrogen functional groups attached to an aromatic ring is 1. The molecule has 3 heteroatoms. The summed E-state index contributed by atoms with van der Waals surface area (Å²) in [6.07, 6.45) is 0. The van der Waals surface area contributed by atoms with Crippen LogP contribution in [0.25, 0.3) is 0 Å². The van der Waals surface area contributed by atoms with Crippen LogP contribution in [-0.2, 0) is 16.6 Å². The molecule has 0 bridgehead atoms. The number of rotatable bonds is 3. The fraction of sp³-hybridized carbons (Fsp3) is 0.250. The minimum Gasteiger partial charge on any atom is -0.399 e. The first-order valence-electron chi connectivity index (χ1n) is 6.28. The standard InChI is InChI=1S/C16H19NOS/c1-11-5-4-6-12(2)15(11)10-19(18)14-7-8-16(17)13(3)9-14/h4-9H,10,17H2,1-3H3. The summed E-state index contributed by atoms with van der Waals surface area (Å²) in [6, 6.07) is 11.8. The van der Waals surface area contributed by atoms with Crippen LogP contribution < -0.4 is 5.73 Å². The molecule has 1 unspecified atom stereocenters. The number of hydrogen-bond acceptors (Lipinski definition) is 2. The van der Waals surface area contributed by atoms with Crippen molar-refractivity contribution < 1.29 is 4.21 Å². The van der Waals surface area contributed by atoms with E-state index in [2.05, 4.69) is 26.0 Å². The molecule has 2 nitrogen and oxygen atoms in total. The predicted molar refractivity (Wildman–Crippen MR) is 81.6 cm³/mol. The van der Waals surface area contributed by atoms with Gasteiger partial charge in [0, 0.05) is 10.6 Å². The van der Waals surface area contributed by atoms with Gasteiger partial charge in [-0.15, -0.1) is 0 Å². The van der Waals surface area contributed by atoms with Crippen LogP contribution in [0.3, 0.4) is 0 Å². The molecule has 0 saturated carbocycles. The van der Waals surface area contributed by atoms with Crippen molar-refractivity contribution in [2.24, 2.45) is 0 Å². The third kappa shape index (κ3) is 3.04. The van der Waals surface area contributed by atoms with Crippen molar-refractivity contribution in [2.75, 3.05) is 5.73 Å². The van der Waals surface area contributed by atoms with Crippen molar-refractivity contribution in [2.45, 2.75) is 31.4 Å². The molecule has 2 aromatic carbocycles. The van der Waals surface area contributed by atoms with Gasteiger partial charge in [-0.1, -0.05) is 18.2 Å². The molecule has 0 fully saturated rings. The molecular formula is C16H19NOS. The zero-order valence-corrected chi connectivity index (χ0v) is 12.4. The van der Waals surface area contributed by atoms with Crippen LogP contribution in [0.4, 0.5) is 5.69 Å². The first-order valence-corrected chi connectivity index (χ1v) is 7.60. The van der Waals surface area contributed by atoms with E-state index < -0.39 is 10.8 Å². The van der Waals surface area contributed by atoms with Crippen molar-refractivity contribution in [3.63, 3.8) is 0 Å². The molecule has 0 radical (unpaired) electrons. The van der Waals surface area contributed by atoms with Crippen molar-refractivity contribution in [3.05, 3.63) is 58.7 Å². The van der Waals surface area contributed by atoms with E-state index in [1.54, 1.807) is 0 Å². The Bertz CT molecular complexity index is 614. The summed E-state index contributed by atoms with van der Waals surface area (Å²) >= 11 is 0. The number of nitrogens with two attached hydrogens (primary N) is 1. The average molecular weight is 273 g/mol. The molecule has 0 aliphatic rings. The summed E-state index contributed by atoms with van der Waals surface area (Å²) in [5.74, 6) is 0.557. The van der Waals surface area contributed by atoms with Gasteiger partial charge in [0.2, 0.25) is 0 Å². The Morgan fingerprint density at radius 2 is 1.63 bits per heavy atom. The summed E-state index contributed by atoms with van der Waals surface area (Å²) in [6.45, 7) is 6.07. The molecule has 2 rings (SSSR count). The van der Waals surface area contributed by atoms with Gasteiger partial charge in [-0.25, -0.2) is 0 Å². The molecule has 2 aromatic rings. The minimum atomic E-state index is -1.03. The molecule has 0 aliphatic heterocycles. The number of benzene rings is 2. The summed E-state index contributed by atoms with van der Waals surface area (Å²) in [5, 5.41) is 0. The molecule has 0 aliphatic carbocycles. The first kappa shape index (κ1) is 13.8. The van der Waals surface area contributed by atoms with Crippen LogP contribution >= 0.6 is 0 Å². The van der Waals surface area contributed by atoms with Crippen LogP contribution in [0.2, 0.25) is 0 Å². The van der Waals surface area contributed by atoms with Gasteiger partial charge in [0.1, 0.15) is 0 Å². The lowest BCUT2D eigenvalue weighted by Crippen LogP contribution is -2.02. The van der Waals surface area contributed by atoms with Gasteiger partial charge in [-0.2, -0.15) is 0 Å². The Balaban J connectivity index is 2.28. The van der Waals surface area contributed by atoms with Crippen LogP contribution in [0.1, 0.15) is 22.3 Å². The van der Waals surface area contributed by atoms with Crippen molar-refractivity contribution in [3.8, 4) is 0 Å².